The largest absolute Gasteiger partial charge is 0.493 e. The van der Waals surface area contributed by atoms with Crippen molar-refractivity contribution >= 4 is 35.0 Å². The van der Waals surface area contributed by atoms with Crippen LogP contribution in [0.4, 0.5) is 0 Å². The van der Waals surface area contributed by atoms with Crippen LogP contribution in [0.3, 0.4) is 0 Å². The summed E-state index contributed by atoms with van der Waals surface area (Å²) in [6, 6.07) is 18.3. The van der Waals surface area contributed by atoms with Crippen LogP contribution in [0.15, 0.2) is 60.7 Å². The third-order valence-electron chi connectivity index (χ3n) is 8.68. The minimum atomic E-state index is -0.677. The van der Waals surface area contributed by atoms with Crippen molar-refractivity contribution in [2.75, 3.05) is 47.5 Å². The third-order valence-corrected chi connectivity index (χ3v) is 9.42. The maximum Gasteiger partial charge on any atom is 0.256 e. The van der Waals surface area contributed by atoms with E-state index in [1.165, 1.54) is 21.3 Å². The minimum Gasteiger partial charge on any atom is -0.493 e. The molecule has 2 fully saturated rings. The molecule has 234 valence electrons. The van der Waals surface area contributed by atoms with Crippen LogP contribution < -0.4 is 19.9 Å². The third kappa shape index (κ3) is 6.33. The first-order chi connectivity index (χ1) is 21.2. The summed E-state index contributed by atoms with van der Waals surface area (Å²) in [5, 5.41) is 0.793. The van der Waals surface area contributed by atoms with Gasteiger partial charge in [0.25, 0.3) is 5.91 Å². The van der Waals surface area contributed by atoms with Crippen molar-refractivity contribution < 1.29 is 28.5 Å². The normalized spacial score (nSPS) is 19.9. The Morgan fingerprint density at radius 1 is 0.932 bits per heavy atom. The molecule has 11 heteroatoms. The molecule has 3 aromatic carbocycles. The average molecular weight is 643 g/mol. The number of likely N-dealkylation sites (tertiary alicyclic amines) is 1. The van der Waals surface area contributed by atoms with Gasteiger partial charge in [0.15, 0.2) is 17.7 Å². The summed E-state index contributed by atoms with van der Waals surface area (Å²) in [5.74, 6) is 0.622. The number of halogens is 2. The molecule has 0 radical (unpaired) electrons. The lowest BCUT2D eigenvalue weighted by Crippen LogP contribution is -2.50. The van der Waals surface area contributed by atoms with Gasteiger partial charge in [-0.3, -0.25) is 9.59 Å². The number of benzene rings is 3. The Balaban J connectivity index is 1.33. The molecule has 2 aliphatic rings. The Morgan fingerprint density at radius 3 is 2.16 bits per heavy atom. The highest BCUT2D eigenvalue weighted by molar-refractivity contribution is 6.42. The van der Waals surface area contributed by atoms with Crippen molar-refractivity contribution in [3.8, 4) is 17.2 Å². The monoisotopic (exact) mass is 641 g/mol. The molecule has 1 unspecified atom stereocenters. The fourth-order valence-corrected chi connectivity index (χ4v) is 6.48. The molecule has 0 aromatic heterocycles. The zero-order valence-corrected chi connectivity index (χ0v) is 26.6. The first-order valence-electron chi connectivity index (χ1n) is 14.5. The van der Waals surface area contributed by atoms with Crippen LogP contribution in [-0.2, 0) is 14.9 Å². The number of nitrogens with zero attached hydrogens (tertiary/aromatic N) is 2. The maximum absolute atomic E-state index is 14.0. The van der Waals surface area contributed by atoms with Gasteiger partial charge in [0, 0.05) is 17.7 Å². The van der Waals surface area contributed by atoms with E-state index >= 15 is 0 Å². The molecule has 2 atom stereocenters. The van der Waals surface area contributed by atoms with Crippen LogP contribution in [0.1, 0.15) is 47.0 Å². The highest BCUT2D eigenvalue weighted by Gasteiger charge is 2.42. The van der Waals surface area contributed by atoms with Gasteiger partial charge >= 0.3 is 0 Å². The van der Waals surface area contributed by atoms with Crippen LogP contribution >= 0.6 is 23.2 Å². The number of hydrogen-bond acceptors (Lipinski definition) is 7. The van der Waals surface area contributed by atoms with E-state index in [9.17, 15) is 9.59 Å². The quantitative estimate of drug-likeness (QED) is 0.313. The number of hydrogen-bond donors (Lipinski definition) is 1. The Labute approximate surface area is 267 Å². The molecule has 44 heavy (non-hydrogen) atoms. The SMILES string of the molecule is COc1cc(C(=O)N2C[C@@H](CCN3CCC(C(N)=O)(c4ccccc4)CC3)OC2c2ccc(Cl)c(Cl)c2)cc(OC)c1OC. The van der Waals surface area contributed by atoms with Gasteiger partial charge in [-0.15, -0.1) is 0 Å². The highest BCUT2D eigenvalue weighted by Crippen LogP contribution is 2.41. The predicted octanol–water partition coefficient (Wildman–Crippen LogP) is 5.47. The van der Waals surface area contributed by atoms with Crippen molar-refractivity contribution in [2.45, 2.75) is 37.0 Å². The van der Waals surface area contributed by atoms with Gasteiger partial charge in [0.05, 0.1) is 49.4 Å². The van der Waals surface area contributed by atoms with Gasteiger partial charge in [-0.2, -0.15) is 0 Å². The fourth-order valence-electron chi connectivity index (χ4n) is 6.18. The van der Waals surface area contributed by atoms with E-state index < -0.39 is 11.6 Å². The van der Waals surface area contributed by atoms with Crippen molar-refractivity contribution in [3.63, 3.8) is 0 Å². The lowest BCUT2D eigenvalue weighted by molar-refractivity contribution is -0.125. The van der Waals surface area contributed by atoms with Gasteiger partial charge in [-0.25, -0.2) is 0 Å². The number of primary amides is 1. The standard InChI is InChI=1S/C33H37Cl2N3O6/c1-41-27-18-22(19-28(42-2)29(27)43-3)30(39)38-20-24(44-31(38)21-9-10-25(34)26(35)17-21)11-14-37-15-12-33(13-16-37,32(36)40)23-7-5-4-6-8-23/h4-10,17-19,24,31H,11-16,20H2,1-3H3,(H2,36,40)/t24-,31?/m1/s1. The summed E-state index contributed by atoms with van der Waals surface area (Å²) in [6.07, 6.45) is 1.07. The first-order valence-corrected chi connectivity index (χ1v) is 15.3. The van der Waals surface area contributed by atoms with Crippen molar-refractivity contribution in [1.82, 2.24) is 9.80 Å². The molecule has 2 saturated heterocycles. The number of ether oxygens (including phenoxy) is 4. The van der Waals surface area contributed by atoms with Gasteiger partial charge in [0.1, 0.15) is 0 Å². The van der Waals surface area contributed by atoms with Crippen LogP contribution in [0, 0.1) is 0 Å². The smallest absolute Gasteiger partial charge is 0.256 e. The summed E-state index contributed by atoms with van der Waals surface area (Å²) < 4.78 is 22.9. The molecule has 0 spiro atoms. The molecule has 2 heterocycles. The van der Waals surface area contributed by atoms with E-state index in [1.54, 1.807) is 29.2 Å². The molecule has 2 aliphatic heterocycles. The van der Waals surface area contributed by atoms with Crippen molar-refractivity contribution in [1.29, 1.82) is 0 Å². The maximum atomic E-state index is 14.0. The van der Waals surface area contributed by atoms with Crippen molar-refractivity contribution in [3.05, 3.63) is 87.4 Å². The van der Waals surface area contributed by atoms with E-state index in [2.05, 4.69) is 4.90 Å². The van der Waals surface area contributed by atoms with E-state index in [0.717, 1.165) is 30.8 Å². The Bertz CT molecular complexity index is 1470. The van der Waals surface area contributed by atoms with E-state index in [0.29, 0.717) is 58.7 Å². The molecule has 5 rings (SSSR count). The molecule has 0 aliphatic carbocycles. The molecule has 0 saturated carbocycles. The number of methoxy groups -OCH3 is 3. The summed E-state index contributed by atoms with van der Waals surface area (Å²) in [4.78, 5) is 30.6. The molecule has 2 amide bonds. The van der Waals surface area contributed by atoms with E-state index in [-0.39, 0.29) is 17.9 Å². The lowest BCUT2D eigenvalue weighted by atomic mass is 9.72. The van der Waals surface area contributed by atoms with Gasteiger partial charge in [-0.1, -0.05) is 59.6 Å². The average Bonchev–Trinajstić information content (AvgIpc) is 3.48. The number of nitrogens with two attached hydrogens (primary N) is 1. The highest BCUT2D eigenvalue weighted by atomic mass is 35.5. The number of amides is 2. The number of carbonyl (C=O) groups excluding carboxylic acids is 2. The first kappa shape index (κ1) is 31.9. The summed E-state index contributed by atoms with van der Waals surface area (Å²) in [7, 11) is 4.53. The summed E-state index contributed by atoms with van der Waals surface area (Å²) >= 11 is 12.6. The summed E-state index contributed by atoms with van der Waals surface area (Å²) in [6.45, 7) is 2.57. The van der Waals surface area contributed by atoms with Crippen LogP contribution in [0.5, 0.6) is 17.2 Å². The molecular weight excluding hydrogens is 605 g/mol. The molecular formula is C33H37Cl2N3O6. The molecule has 9 nitrogen and oxygen atoms in total. The number of piperidine rings is 1. The lowest BCUT2D eigenvalue weighted by Gasteiger charge is -2.40. The number of carbonyl (C=O) groups is 2. The second-order valence-corrected chi connectivity index (χ2v) is 11.9. The zero-order valence-electron chi connectivity index (χ0n) is 25.1. The Morgan fingerprint density at radius 2 is 1.59 bits per heavy atom. The fraction of sp³-hybridized carbons (Fsp3) is 0.394. The topological polar surface area (TPSA) is 104 Å². The second-order valence-electron chi connectivity index (χ2n) is 11.1. The summed E-state index contributed by atoms with van der Waals surface area (Å²) in [5.41, 5.74) is 7.33. The molecule has 3 aromatic rings. The van der Waals surface area contributed by atoms with Gasteiger partial charge in [0.2, 0.25) is 11.7 Å². The van der Waals surface area contributed by atoms with Crippen LogP contribution in [0.2, 0.25) is 10.0 Å². The van der Waals surface area contributed by atoms with E-state index in [4.69, 9.17) is 47.9 Å². The second kappa shape index (κ2) is 13.6. The van der Waals surface area contributed by atoms with Crippen LogP contribution in [-0.4, -0.2) is 75.2 Å². The van der Waals surface area contributed by atoms with Gasteiger partial charge in [-0.05, 0) is 62.2 Å². The zero-order chi connectivity index (χ0) is 31.4. The van der Waals surface area contributed by atoms with E-state index in [1.807, 2.05) is 36.4 Å². The van der Waals surface area contributed by atoms with Crippen LogP contribution in [0.25, 0.3) is 0 Å². The van der Waals surface area contributed by atoms with Crippen molar-refractivity contribution in [2.24, 2.45) is 5.73 Å². The number of rotatable bonds is 10. The minimum absolute atomic E-state index is 0.239. The molecule has 2 N–H and O–H groups in total. The predicted molar refractivity (Wildman–Crippen MR) is 169 cm³/mol. The Kier molecular flexibility index (Phi) is 9.90. The van der Waals surface area contributed by atoms with Gasteiger partial charge < -0.3 is 34.5 Å². The Hall–Kier alpha value is -3.50. The molecule has 0 bridgehead atoms.